The monoisotopic (exact) mass is 337 g/mol. The highest BCUT2D eigenvalue weighted by atomic mass is 16.5. The summed E-state index contributed by atoms with van der Waals surface area (Å²) in [7, 11) is 0. The Bertz CT molecular complexity index is 813. The molecule has 0 aliphatic heterocycles. The zero-order valence-corrected chi connectivity index (χ0v) is 13.9. The van der Waals surface area contributed by atoms with E-state index < -0.39 is 0 Å². The summed E-state index contributed by atoms with van der Waals surface area (Å²) in [5.41, 5.74) is 1.86. The van der Waals surface area contributed by atoms with Crippen molar-refractivity contribution < 1.29 is 14.1 Å². The number of carbonyl (C=O) groups excluding carboxylic acids is 1. The largest absolute Gasteiger partial charge is 0.484 e. The van der Waals surface area contributed by atoms with Crippen molar-refractivity contribution in [1.29, 1.82) is 0 Å². The van der Waals surface area contributed by atoms with Gasteiger partial charge in [-0.05, 0) is 29.8 Å². The van der Waals surface area contributed by atoms with E-state index in [4.69, 9.17) is 9.26 Å². The molecule has 1 heterocycles. The highest BCUT2D eigenvalue weighted by molar-refractivity contribution is 5.77. The lowest BCUT2D eigenvalue weighted by molar-refractivity contribution is -0.123. The number of carbonyl (C=O) groups is 1. The van der Waals surface area contributed by atoms with E-state index in [9.17, 15) is 4.79 Å². The van der Waals surface area contributed by atoms with Crippen molar-refractivity contribution >= 4 is 5.91 Å². The van der Waals surface area contributed by atoms with Gasteiger partial charge in [0, 0.05) is 18.5 Å². The third kappa shape index (κ3) is 4.67. The Labute approximate surface area is 145 Å². The van der Waals surface area contributed by atoms with Crippen LogP contribution in [0, 0.1) is 0 Å². The lowest BCUT2D eigenvalue weighted by Gasteiger charge is -2.08. The predicted molar refractivity (Wildman–Crippen MR) is 92.9 cm³/mol. The number of aromatic nitrogens is 2. The molecule has 0 unspecified atom stereocenters. The molecule has 0 fully saturated rings. The molecule has 128 valence electrons. The average Bonchev–Trinajstić information content (AvgIpc) is 3.15. The lowest BCUT2D eigenvalue weighted by atomic mass is 10.2. The van der Waals surface area contributed by atoms with Gasteiger partial charge in [0.2, 0.25) is 0 Å². The van der Waals surface area contributed by atoms with Crippen LogP contribution < -0.4 is 10.1 Å². The maximum Gasteiger partial charge on any atom is 0.258 e. The van der Waals surface area contributed by atoms with E-state index in [1.165, 1.54) is 0 Å². The Morgan fingerprint density at radius 3 is 2.56 bits per heavy atom. The van der Waals surface area contributed by atoms with Crippen LogP contribution in [0.4, 0.5) is 0 Å². The van der Waals surface area contributed by atoms with E-state index in [1.807, 2.05) is 49.4 Å². The van der Waals surface area contributed by atoms with Gasteiger partial charge in [-0.1, -0.05) is 42.4 Å². The van der Waals surface area contributed by atoms with Crippen LogP contribution in [-0.4, -0.2) is 22.7 Å². The summed E-state index contributed by atoms with van der Waals surface area (Å²) in [5.74, 6) is 1.58. The van der Waals surface area contributed by atoms with Crippen LogP contribution in [-0.2, 0) is 17.8 Å². The first-order valence-corrected chi connectivity index (χ1v) is 8.11. The van der Waals surface area contributed by atoms with E-state index in [0.29, 0.717) is 24.0 Å². The summed E-state index contributed by atoms with van der Waals surface area (Å²) in [4.78, 5) is 16.1. The van der Waals surface area contributed by atoms with Crippen molar-refractivity contribution in [1.82, 2.24) is 15.5 Å². The fraction of sp³-hybridized carbons (Fsp3) is 0.211. The van der Waals surface area contributed by atoms with Crippen LogP contribution in [0.2, 0.25) is 0 Å². The summed E-state index contributed by atoms with van der Waals surface area (Å²) in [6.07, 6.45) is 0.725. The molecule has 0 saturated carbocycles. The molecule has 0 atom stereocenters. The van der Waals surface area contributed by atoms with E-state index in [2.05, 4.69) is 15.5 Å². The van der Waals surface area contributed by atoms with Gasteiger partial charge in [-0.25, -0.2) is 0 Å². The molecule has 6 nitrogen and oxygen atoms in total. The molecule has 2 aromatic carbocycles. The highest BCUT2D eigenvalue weighted by Crippen LogP contribution is 2.21. The first-order chi connectivity index (χ1) is 12.2. The maximum atomic E-state index is 11.8. The molecule has 1 aromatic heterocycles. The number of rotatable bonds is 7. The zero-order valence-electron chi connectivity index (χ0n) is 13.9. The van der Waals surface area contributed by atoms with Gasteiger partial charge in [0.25, 0.3) is 11.8 Å². The molecule has 0 saturated heterocycles. The number of ether oxygens (including phenoxy) is 1. The van der Waals surface area contributed by atoms with E-state index in [-0.39, 0.29) is 12.5 Å². The van der Waals surface area contributed by atoms with Gasteiger partial charge in [-0.15, -0.1) is 0 Å². The minimum absolute atomic E-state index is 0.0350. The third-order valence-electron chi connectivity index (χ3n) is 3.59. The molecule has 3 rings (SSSR count). The van der Waals surface area contributed by atoms with Crippen molar-refractivity contribution in [2.75, 3.05) is 6.61 Å². The van der Waals surface area contributed by atoms with Crippen molar-refractivity contribution in [3.8, 4) is 17.2 Å². The molecule has 0 aliphatic carbocycles. The van der Waals surface area contributed by atoms with Crippen molar-refractivity contribution in [3.63, 3.8) is 0 Å². The Kier molecular flexibility index (Phi) is 5.41. The third-order valence-corrected chi connectivity index (χ3v) is 3.59. The second-order valence-electron chi connectivity index (χ2n) is 5.44. The highest BCUT2D eigenvalue weighted by Gasteiger charge is 2.08. The van der Waals surface area contributed by atoms with Gasteiger partial charge >= 0.3 is 0 Å². The molecule has 3 aromatic rings. The zero-order chi connectivity index (χ0) is 17.5. The first kappa shape index (κ1) is 16.7. The molecule has 6 heteroatoms. The van der Waals surface area contributed by atoms with Crippen LogP contribution in [0.15, 0.2) is 59.1 Å². The fourth-order valence-corrected chi connectivity index (χ4v) is 2.20. The summed E-state index contributed by atoms with van der Waals surface area (Å²) in [5, 5.41) is 6.69. The Morgan fingerprint density at radius 2 is 1.88 bits per heavy atom. The van der Waals surface area contributed by atoms with Crippen molar-refractivity contribution in [2.45, 2.75) is 19.9 Å². The minimum Gasteiger partial charge on any atom is -0.484 e. The van der Waals surface area contributed by atoms with Gasteiger partial charge in [0.05, 0.1) is 0 Å². The molecule has 0 spiro atoms. The fourth-order valence-electron chi connectivity index (χ4n) is 2.20. The molecule has 0 aliphatic rings. The Morgan fingerprint density at radius 1 is 1.12 bits per heavy atom. The number of hydrogen-bond acceptors (Lipinski definition) is 5. The van der Waals surface area contributed by atoms with Crippen LogP contribution in [0.3, 0.4) is 0 Å². The van der Waals surface area contributed by atoms with Crippen LogP contribution >= 0.6 is 0 Å². The Balaban J connectivity index is 1.49. The molecular weight excluding hydrogens is 318 g/mol. The average molecular weight is 337 g/mol. The lowest BCUT2D eigenvalue weighted by Crippen LogP contribution is -2.28. The summed E-state index contributed by atoms with van der Waals surface area (Å²) in [6.45, 7) is 2.42. The molecule has 25 heavy (non-hydrogen) atoms. The van der Waals surface area contributed by atoms with E-state index >= 15 is 0 Å². The molecule has 0 bridgehead atoms. The molecule has 1 N–H and O–H groups in total. The number of benzene rings is 2. The van der Waals surface area contributed by atoms with Crippen molar-refractivity contribution in [2.24, 2.45) is 0 Å². The van der Waals surface area contributed by atoms with Gasteiger partial charge < -0.3 is 14.6 Å². The maximum absolute atomic E-state index is 11.8. The summed E-state index contributed by atoms with van der Waals surface area (Å²) < 4.78 is 10.7. The first-order valence-electron chi connectivity index (χ1n) is 8.11. The van der Waals surface area contributed by atoms with Crippen LogP contribution in [0.1, 0.15) is 18.3 Å². The van der Waals surface area contributed by atoms with E-state index in [0.717, 1.165) is 17.5 Å². The van der Waals surface area contributed by atoms with Gasteiger partial charge in [-0.3, -0.25) is 4.79 Å². The second kappa shape index (κ2) is 8.10. The number of amides is 1. The SMILES string of the molecule is CCc1noc(-c2ccc(OCC(=O)NCc3ccccc3)cc2)n1. The second-order valence-corrected chi connectivity index (χ2v) is 5.44. The van der Waals surface area contributed by atoms with E-state index in [1.54, 1.807) is 12.1 Å². The van der Waals surface area contributed by atoms with Gasteiger partial charge in [0.15, 0.2) is 12.4 Å². The van der Waals surface area contributed by atoms with Gasteiger partial charge in [0.1, 0.15) is 5.75 Å². The summed E-state index contributed by atoms with van der Waals surface area (Å²) >= 11 is 0. The molecule has 1 amide bonds. The van der Waals surface area contributed by atoms with Gasteiger partial charge in [-0.2, -0.15) is 4.98 Å². The predicted octanol–water partition coefficient (Wildman–Crippen LogP) is 2.99. The molecule has 0 radical (unpaired) electrons. The van der Waals surface area contributed by atoms with Crippen molar-refractivity contribution in [3.05, 3.63) is 66.0 Å². The number of aryl methyl sites for hydroxylation is 1. The quantitative estimate of drug-likeness (QED) is 0.717. The summed E-state index contributed by atoms with van der Waals surface area (Å²) in [6, 6.07) is 16.9. The number of nitrogens with zero attached hydrogens (tertiary/aromatic N) is 2. The van der Waals surface area contributed by atoms with Crippen LogP contribution in [0.5, 0.6) is 5.75 Å². The number of nitrogens with one attached hydrogen (secondary N) is 1. The molecular formula is C19H19N3O3. The standard InChI is InChI=1S/C19H19N3O3/c1-2-17-21-19(25-22-17)15-8-10-16(11-9-15)24-13-18(23)20-12-14-6-4-3-5-7-14/h3-11H,2,12-13H2,1H3,(H,20,23). The number of hydrogen-bond donors (Lipinski definition) is 1. The normalized spacial score (nSPS) is 10.4. The smallest absolute Gasteiger partial charge is 0.258 e. The topological polar surface area (TPSA) is 77.2 Å². The Hall–Kier alpha value is -3.15. The van der Waals surface area contributed by atoms with Crippen LogP contribution in [0.25, 0.3) is 11.5 Å². The minimum atomic E-state index is -0.169.